The Labute approximate surface area is 111 Å². The average Bonchev–Trinajstić information content (AvgIpc) is 2.99. The maximum absolute atomic E-state index is 6.02. The van der Waals surface area contributed by atoms with Crippen LogP contribution in [0.2, 0.25) is 0 Å². The standard InChI is InChI=1S/C12H19N3O2S/c13-8-10-14-15-11(17-10)18-9-3-6-16-12(7-9)4-1-2-5-12/h9H,1-8,13H2. The second-order valence-electron chi connectivity index (χ2n) is 5.14. The number of thioether (sulfide) groups is 1. The fourth-order valence-corrected chi connectivity index (χ4v) is 4.08. The van der Waals surface area contributed by atoms with Crippen molar-refractivity contribution in [2.45, 2.75) is 61.1 Å². The molecule has 0 radical (unpaired) electrons. The van der Waals surface area contributed by atoms with Crippen LogP contribution in [0.4, 0.5) is 0 Å². The van der Waals surface area contributed by atoms with Crippen LogP contribution in [0.1, 0.15) is 44.4 Å². The Morgan fingerprint density at radius 3 is 2.89 bits per heavy atom. The van der Waals surface area contributed by atoms with Gasteiger partial charge in [-0.25, -0.2) is 0 Å². The zero-order valence-corrected chi connectivity index (χ0v) is 11.2. The first-order valence-corrected chi connectivity index (χ1v) is 7.51. The van der Waals surface area contributed by atoms with E-state index in [0.29, 0.717) is 22.9 Å². The normalized spacial score (nSPS) is 26.8. The van der Waals surface area contributed by atoms with Gasteiger partial charge in [-0.1, -0.05) is 24.6 Å². The fourth-order valence-electron chi connectivity index (χ4n) is 2.96. The molecule has 6 heteroatoms. The summed E-state index contributed by atoms with van der Waals surface area (Å²) < 4.78 is 11.5. The number of nitrogens with zero attached hydrogens (tertiary/aromatic N) is 2. The molecule has 2 fully saturated rings. The van der Waals surface area contributed by atoms with Crippen molar-refractivity contribution in [3.8, 4) is 0 Å². The van der Waals surface area contributed by atoms with Crippen molar-refractivity contribution in [1.29, 1.82) is 0 Å². The van der Waals surface area contributed by atoms with E-state index in [1.165, 1.54) is 25.7 Å². The molecule has 1 unspecified atom stereocenters. The minimum Gasteiger partial charge on any atom is -0.415 e. The lowest BCUT2D eigenvalue weighted by Crippen LogP contribution is -2.38. The van der Waals surface area contributed by atoms with Crippen molar-refractivity contribution in [3.05, 3.63) is 5.89 Å². The van der Waals surface area contributed by atoms with Crippen molar-refractivity contribution in [2.24, 2.45) is 5.73 Å². The molecule has 2 aliphatic rings. The largest absolute Gasteiger partial charge is 0.415 e. The zero-order chi connectivity index (χ0) is 12.4. The Balaban J connectivity index is 1.62. The third-order valence-electron chi connectivity index (χ3n) is 3.85. The molecule has 1 spiro atoms. The molecule has 1 atom stereocenters. The molecule has 1 aliphatic heterocycles. The highest BCUT2D eigenvalue weighted by atomic mass is 32.2. The fraction of sp³-hybridized carbons (Fsp3) is 0.833. The molecule has 1 aromatic rings. The molecular weight excluding hydrogens is 250 g/mol. The number of nitrogens with two attached hydrogens (primary N) is 1. The molecule has 2 heterocycles. The summed E-state index contributed by atoms with van der Waals surface area (Å²) in [6.45, 7) is 1.17. The van der Waals surface area contributed by atoms with Gasteiger partial charge in [0.2, 0.25) is 5.89 Å². The third kappa shape index (κ3) is 2.55. The Morgan fingerprint density at radius 2 is 2.17 bits per heavy atom. The second-order valence-corrected chi connectivity index (χ2v) is 6.39. The molecule has 1 aromatic heterocycles. The van der Waals surface area contributed by atoms with E-state index < -0.39 is 0 Å². The van der Waals surface area contributed by atoms with E-state index in [4.69, 9.17) is 14.9 Å². The van der Waals surface area contributed by atoms with Crippen LogP contribution in [-0.4, -0.2) is 27.7 Å². The Hall–Kier alpha value is -0.590. The van der Waals surface area contributed by atoms with Gasteiger partial charge < -0.3 is 14.9 Å². The molecule has 1 aliphatic carbocycles. The Morgan fingerprint density at radius 1 is 1.33 bits per heavy atom. The van der Waals surface area contributed by atoms with Crippen LogP contribution >= 0.6 is 11.8 Å². The van der Waals surface area contributed by atoms with Crippen LogP contribution in [-0.2, 0) is 11.3 Å². The minimum absolute atomic E-state index is 0.145. The highest BCUT2D eigenvalue weighted by Gasteiger charge is 2.40. The molecule has 2 N–H and O–H groups in total. The minimum atomic E-state index is 0.145. The van der Waals surface area contributed by atoms with Gasteiger partial charge in [0, 0.05) is 11.9 Å². The molecule has 0 bridgehead atoms. The summed E-state index contributed by atoms with van der Waals surface area (Å²) >= 11 is 1.69. The van der Waals surface area contributed by atoms with Gasteiger partial charge in [-0.15, -0.1) is 10.2 Å². The summed E-state index contributed by atoms with van der Waals surface area (Å²) in [4.78, 5) is 0. The van der Waals surface area contributed by atoms with E-state index in [0.717, 1.165) is 19.4 Å². The third-order valence-corrected chi connectivity index (χ3v) is 4.96. The molecule has 5 nitrogen and oxygen atoms in total. The van der Waals surface area contributed by atoms with Gasteiger partial charge in [0.1, 0.15) is 0 Å². The van der Waals surface area contributed by atoms with Crippen molar-refractivity contribution >= 4 is 11.8 Å². The highest BCUT2D eigenvalue weighted by Crippen LogP contribution is 2.44. The lowest BCUT2D eigenvalue weighted by Gasteiger charge is -2.37. The van der Waals surface area contributed by atoms with Crippen molar-refractivity contribution in [1.82, 2.24) is 10.2 Å². The van der Waals surface area contributed by atoms with Gasteiger partial charge in [0.05, 0.1) is 12.1 Å². The second kappa shape index (κ2) is 5.19. The summed E-state index contributed by atoms with van der Waals surface area (Å²) in [7, 11) is 0. The van der Waals surface area contributed by atoms with Crippen LogP contribution in [0, 0.1) is 0 Å². The predicted molar refractivity (Wildman–Crippen MR) is 68.2 cm³/mol. The lowest BCUT2D eigenvalue weighted by atomic mass is 9.92. The van der Waals surface area contributed by atoms with Gasteiger partial charge >= 0.3 is 0 Å². The van der Waals surface area contributed by atoms with Gasteiger partial charge in [0.15, 0.2) is 0 Å². The smallest absolute Gasteiger partial charge is 0.276 e. The van der Waals surface area contributed by atoms with E-state index in [-0.39, 0.29) is 5.60 Å². The first kappa shape index (κ1) is 12.4. The SMILES string of the molecule is NCc1nnc(SC2CCOC3(CCCC3)C2)o1. The van der Waals surface area contributed by atoms with E-state index in [1.807, 2.05) is 0 Å². The Kier molecular flexibility index (Phi) is 3.59. The van der Waals surface area contributed by atoms with Gasteiger partial charge in [-0.05, 0) is 25.7 Å². The van der Waals surface area contributed by atoms with Gasteiger partial charge in [-0.2, -0.15) is 0 Å². The number of hydrogen-bond acceptors (Lipinski definition) is 6. The van der Waals surface area contributed by atoms with Crippen LogP contribution in [0.25, 0.3) is 0 Å². The van der Waals surface area contributed by atoms with Crippen molar-refractivity contribution in [3.63, 3.8) is 0 Å². The molecule has 0 aromatic carbocycles. The molecular formula is C12H19N3O2S. The molecule has 1 saturated carbocycles. The van der Waals surface area contributed by atoms with E-state index in [1.54, 1.807) is 11.8 Å². The van der Waals surface area contributed by atoms with E-state index in [2.05, 4.69) is 10.2 Å². The first-order valence-electron chi connectivity index (χ1n) is 6.63. The quantitative estimate of drug-likeness (QED) is 0.906. The summed E-state index contributed by atoms with van der Waals surface area (Å²) in [6.07, 6.45) is 7.19. The van der Waals surface area contributed by atoms with E-state index >= 15 is 0 Å². The molecule has 18 heavy (non-hydrogen) atoms. The zero-order valence-electron chi connectivity index (χ0n) is 10.4. The summed E-state index contributed by atoms with van der Waals surface area (Å²) in [5.74, 6) is 0.514. The van der Waals surface area contributed by atoms with Crippen molar-refractivity contribution in [2.75, 3.05) is 6.61 Å². The van der Waals surface area contributed by atoms with Crippen LogP contribution in [0.3, 0.4) is 0 Å². The van der Waals surface area contributed by atoms with Crippen LogP contribution < -0.4 is 5.73 Å². The topological polar surface area (TPSA) is 74.2 Å². The van der Waals surface area contributed by atoms with Gasteiger partial charge in [-0.3, -0.25) is 0 Å². The molecule has 3 rings (SSSR count). The van der Waals surface area contributed by atoms with Gasteiger partial charge in [0.25, 0.3) is 5.22 Å². The highest BCUT2D eigenvalue weighted by molar-refractivity contribution is 7.99. The van der Waals surface area contributed by atoms with Crippen molar-refractivity contribution < 1.29 is 9.15 Å². The maximum atomic E-state index is 6.02. The number of aromatic nitrogens is 2. The van der Waals surface area contributed by atoms with Crippen LogP contribution in [0.15, 0.2) is 9.64 Å². The molecule has 100 valence electrons. The first-order chi connectivity index (χ1) is 8.80. The number of ether oxygens (including phenoxy) is 1. The lowest BCUT2D eigenvalue weighted by molar-refractivity contribution is -0.0704. The monoisotopic (exact) mass is 269 g/mol. The molecule has 1 saturated heterocycles. The number of hydrogen-bond donors (Lipinski definition) is 1. The van der Waals surface area contributed by atoms with E-state index in [9.17, 15) is 0 Å². The predicted octanol–water partition coefficient (Wildman–Crippen LogP) is 2.11. The summed E-state index contributed by atoms with van der Waals surface area (Å²) in [5, 5.41) is 9.10. The average molecular weight is 269 g/mol. The summed E-state index contributed by atoms with van der Waals surface area (Å²) in [6, 6.07) is 0. The maximum Gasteiger partial charge on any atom is 0.276 e. The Bertz CT molecular complexity index is 404. The summed E-state index contributed by atoms with van der Waals surface area (Å²) in [5.41, 5.74) is 5.61. The number of rotatable bonds is 3. The van der Waals surface area contributed by atoms with Crippen LogP contribution in [0.5, 0.6) is 0 Å². The molecule has 0 amide bonds.